The molecule has 6 nitrogen and oxygen atoms in total. The van der Waals surface area contributed by atoms with Gasteiger partial charge in [0, 0.05) is 10.7 Å². The molecule has 0 aliphatic rings. The van der Waals surface area contributed by atoms with E-state index in [1.165, 1.54) is 6.21 Å². The molecule has 0 atom stereocenters. The highest BCUT2D eigenvalue weighted by molar-refractivity contribution is 6.30. The van der Waals surface area contributed by atoms with Crippen molar-refractivity contribution in [3.8, 4) is 11.5 Å². The maximum absolute atomic E-state index is 11.7. The van der Waals surface area contributed by atoms with Crippen LogP contribution in [0.5, 0.6) is 11.5 Å². The van der Waals surface area contributed by atoms with E-state index < -0.39 is 0 Å². The van der Waals surface area contributed by atoms with Gasteiger partial charge in [-0.2, -0.15) is 5.10 Å². The maximum Gasteiger partial charge on any atom is 0.259 e. The van der Waals surface area contributed by atoms with Gasteiger partial charge in [0.15, 0.2) is 11.5 Å². The second kappa shape index (κ2) is 8.79. The summed E-state index contributed by atoms with van der Waals surface area (Å²) in [7, 11) is 3.13. The Labute approximate surface area is 145 Å². The van der Waals surface area contributed by atoms with Gasteiger partial charge in [-0.1, -0.05) is 11.6 Å². The molecule has 0 aromatic heterocycles. The normalized spacial score (nSPS) is 10.5. The van der Waals surface area contributed by atoms with Crippen LogP contribution in [0.15, 0.2) is 47.6 Å². The van der Waals surface area contributed by atoms with Gasteiger partial charge in [0.25, 0.3) is 5.91 Å². The van der Waals surface area contributed by atoms with Crippen molar-refractivity contribution in [3.63, 3.8) is 0 Å². The van der Waals surface area contributed by atoms with Gasteiger partial charge in [0.1, 0.15) is 0 Å². The number of halogens is 1. The number of benzene rings is 2. The lowest BCUT2D eigenvalue weighted by molar-refractivity contribution is -0.119. The van der Waals surface area contributed by atoms with E-state index in [-0.39, 0.29) is 12.5 Å². The van der Waals surface area contributed by atoms with Crippen LogP contribution in [0.25, 0.3) is 0 Å². The highest BCUT2D eigenvalue weighted by atomic mass is 35.5. The lowest BCUT2D eigenvalue weighted by Crippen LogP contribution is -2.25. The number of carbonyl (C=O) groups excluding carboxylic acids is 1. The average molecular weight is 348 g/mol. The van der Waals surface area contributed by atoms with Crippen LogP contribution in [0, 0.1) is 0 Å². The summed E-state index contributed by atoms with van der Waals surface area (Å²) in [5.41, 5.74) is 4.03. The second-order valence-electron chi connectivity index (χ2n) is 4.77. The van der Waals surface area contributed by atoms with Gasteiger partial charge in [-0.15, -0.1) is 0 Å². The van der Waals surface area contributed by atoms with E-state index in [0.717, 1.165) is 11.3 Å². The fraction of sp³-hybridized carbons (Fsp3) is 0.176. The molecule has 0 saturated carbocycles. The number of anilines is 1. The zero-order valence-corrected chi connectivity index (χ0v) is 14.1. The van der Waals surface area contributed by atoms with E-state index in [4.69, 9.17) is 21.1 Å². The Balaban J connectivity index is 1.84. The minimum atomic E-state index is -0.262. The number of ether oxygens (including phenoxy) is 2. The molecule has 0 radical (unpaired) electrons. The summed E-state index contributed by atoms with van der Waals surface area (Å²) in [5, 5.41) is 7.53. The zero-order chi connectivity index (χ0) is 17.4. The van der Waals surface area contributed by atoms with Gasteiger partial charge in [-0.25, -0.2) is 5.43 Å². The number of hydrogen-bond acceptors (Lipinski definition) is 5. The molecule has 0 fully saturated rings. The number of hydrogen-bond donors (Lipinski definition) is 2. The number of carbonyl (C=O) groups is 1. The van der Waals surface area contributed by atoms with Gasteiger partial charge in [-0.05, 0) is 48.0 Å². The SMILES string of the molecule is COc1ccc(/C=N/NC(=O)CNc2ccc(Cl)cc2)cc1OC. The molecule has 0 aliphatic carbocycles. The van der Waals surface area contributed by atoms with Gasteiger partial charge < -0.3 is 14.8 Å². The predicted molar refractivity (Wildman–Crippen MR) is 95.2 cm³/mol. The summed E-state index contributed by atoms with van der Waals surface area (Å²) in [6.45, 7) is 0.102. The van der Waals surface area contributed by atoms with E-state index >= 15 is 0 Å². The summed E-state index contributed by atoms with van der Waals surface area (Å²) in [6, 6.07) is 12.4. The van der Waals surface area contributed by atoms with Gasteiger partial charge in [0.05, 0.1) is 27.0 Å². The molecule has 0 saturated heterocycles. The van der Waals surface area contributed by atoms with E-state index in [1.807, 2.05) is 6.07 Å². The summed E-state index contributed by atoms with van der Waals surface area (Å²) < 4.78 is 10.4. The van der Waals surface area contributed by atoms with Gasteiger partial charge in [0.2, 0.25) is 0 Å². The summed E-state index contributed by atoms with van der Waals surface area (Å²) >= 11 is 5.80. The molecule has 0 unspecified atom stereocenters. The van der Waals surface area contributed by atoms with Gasteiger partial charge >= 0.3 is 0 Å². The molecule has 24 heavy (non-hydrogen) atoms. The summed E-state index contributed by atoms with van der Waals surface area (Å²) in [6.07, 6.45) is 1.53. The molecule has 2 rings (SSSR count). The molecule has 7 heteroatoms. The Morgan fingerprint density at radius 1 is 1.12 bits per heavy atom. The molecule has 2 N–H and O–H groups in total. The molecular formula is C17H18ClN3O3. The molecule has 0 spiro atoms. The van der Waals surface area contributed by atoms with Crippen molar-refractivity contribution in [1.82, 2.24) is 5.43 Å². The number of methoxy groups -OCH3 is 2. The summed E-state index contributed by atoms with van der Waals surface area (Å²) in [4.78, 5) is 11.7. The van der Waals surface area contributed by atoms with Crippen molar-refractivity contribution in [1.29, 1.82) is 0 Å². The molecule has 126 valence electrons. The monoisotopic (exact) mass is 347 g/mol. The quantitative estimate of drug-likeness (QED) is 0.596. The Kier molecular flexibility index (Phi) is 6.45. The second-order valence-corrected chi connectivity index (χ2v) is 5.20. The molecule has 1 amide bonds. The minimum Gasteiger partial charge on any atom is -0.493 e. The fourth-order valence-electron chi connectivity index (χ4n) is 1.90. The van der Waals surface area contributed by atoms with Crippen molar-refractivity contribution in [2.45, 2.75) is 0 Å². The molecular weight excluding hydrogens is 330 g/mol. The fourth-order valence-corrected chi connectivity index (χ4v) is 2.03. The standard InChI is InChI=1S/C17H18ClN3O3/c1-23-15-8-3-12(9-16(15)24-2)10-20-21-17(22)11-19-14-6-4-13(18)5-7-14/h3-10,19H,11H2,1-2H3,(H,21,22)/b20-10+. The number of amides is 1. The number of nitrogens with one attached hydrogen (secondary N) is 2. The first-order valence-electron chi connectivity index (χ1n) is 7.15. The van der Waals surface area contributed by atoms with Crippen molar-refractivity contribution >= 4 is 29.4 Å². The van der Waals surface area contributed by atoms with Crippen molar-refractivity contribution in [2.75, 3.05) is 26.1 Å². The molecule has 0 bridgehead atoms. The van der Waals surface area contributed by atoms with Crippen LogP contribution in [-0.2, 0) is 4.79 Å². The van der Waals surface area contributed by atoms with Crippen molar-refractivity contribution in [3.05, 3.63) is 53.1 Å². The van der Waals surface area contributed by atoms with Crippen LogP contribution in [0.4, 0.5) is 5.69 Å². The largest absolute Gasteiger partial charge is 0.493 e. The molecule has 0 aliphatic heterocycles. The zero-order valence-electron chi connectivity index (χ0n) is 13.4. The average Bonchev–Trinajstić information content (AvgIpc) is 2.61. The van der Waals surface area contributed by atoms with Crippen molar-refractivity contribution in [2.24, 2.45) is 5.10 Å². The molecule has 0 heterocycles. The van der Waals surface area contributed by atoms with E-state index in [2.05, 4.69) is 15.8 Å². The van der Waals surface area contributed by atoms with Gasteiger partial charge in [-0.3, -0.25) is 4.79 Å². The first kappa shape index (κ1) is 17.6. The first-order chi connectivity index (χ1) is 11.6. The third-order valence-electron chi connectivity index (χ3n) is 3.11. The van der Waals surface area contributed by atoms with E-state index in [0.29, 0.717) is 16.5 Å². The Bertz CT molecular complexity index is 718. The van der Waals surface area contributed by atoms with Crippen molar-refractivity contribution < 1.29 is 14.3 Å². The third kappa shape index (κ3) is 5.17. The highest BCUT2D eigenvalue weighted by Crippen LogP contribution is 2.26. The Morgan fingerprint density at radius 2 is 1.83 bits per heavy atom. The minimum absolute atomic E-state index is 0.102. The van der Waals surface area contributed by atoms with Crippen LogP contribution >= 0.6 is 11.6 Å². The number of rotatable bonds is 7. The summed E-state index contributed by atoms with van der Waals surface area (Å²) in [5.74, 6) is 0.963. The van der Waals surface area contributed by atoms with E-state index in [1.54, 1.807) is 50.6 Å². The number of hydrazone groups is 1. The lowest BCUT2D eigenvalue weighted by Gasteiger charge is -2.07. The molecule has 2 aromatic rings. The Hall–Kier alpha value is -2.73. The van der Waals surface area contributed by atoms with E-state index in [9.17, 15) is 4.79 Å². The van der Waals surface area contributed by atoms with Crippen LogP contribution in [0.1, 0.15) is 5.56 Å². The maximum atomic E-state index is 11.7. The lowest BCUT2D eigenvalue weighted by atomic mass is 10.2. The third-order valence-corrected chi connectivity index (χ3v) is 3.36. The topological polar surface area (TPSA) is 72.0 Å². The van der Waals surface area contributed by atoms with Crippen LogP contribution in [0.2, 0.25) is 5.02 Å². The first-order valence-corrected chi connectivity index (χ1v) is 7.53. The van der Waals surface area contributed by atoms with Crippen LogP contribution in [-0.4, -0.2) is 32.9 Å². The Morgan fingerprint density at radius 3 is 2.50 bits per heavy atom. The highest BCUT2D eigenvalue weighted by Gasteiger charge is 2.03. The predicted octanol–water partition coefficient (Wildman–Crippen LogP) is 2.92. The van der Waals surface area contributed by atoms with Crippen LogP contribution in [0.3, 0.4) is 0 Å². The smallest absolute Gasteiger partial charge is 0.259 e. The molecule has 2 aromatic carbocycles. The van der Waals surface area contributed by atoms with Crippen LogP contribution < -0.4 is 20.2 Å². The number of nitrogens with zero attached hydrogens (tertiary/aromatic N) is 1.